The Morgan fingerprint density at radius 3 is 2.31 bits per heavy atom. The van der Waals surface area contributed by atoms with Gasteiger partial charge >= 0.3 is 0 Å². The van der Waals surface area contributed by atoms with Gasteiger partial charge in [0.15, 0.2) is 4.96 Å². The van der Waals surface area contributed by atoms with Crippen LogP contribution < -0.4 is 4.72 Å². The molecule has 29 heavy (non-hydrogen) atoms. The summed E-state index contributed by atoms with van der Waals surface area (Å²) in [5, 5.41) is 0. The van der Waals surface area contributed by atoms with Gasteiger partial charge in [-0.3, -0.25) is 4.40 Å². The van der Waals surface area contributed by atoms with E-state index >= 15 is 0 Å². The molecule has 2 aromatic heterocycles. The Labute approximate surface area is 168 Å². The van der Waals surface area contributed by atoms with Crippen molar-refractivity contribution in [3.05, 3.63) is 76.7 Å². The molecule has 0 atom stereocenters. The molecule has 2 heterocycles. The van der Waals surface area contributed by atoms with Crippen molar-refractivity contribution in [2.75, 3.05) is 0 Å². The zero-order valence-electron chi connectivity index (χ0n) is 15.0. The quantitative estimate of drug-likeness (QED) is 0.507. The molecule has 5 nitrogen and oxygen atoms in total. The highest BCUT2D eigenvalue weighted by Gasteiger charge is 2.19. The van der Waals surface area contributed by atoms with Crippen LogP contribution in [-0.4, -0.2) is 17.8 Å². The third-order valence-corrected chi connectivity index (χ3v) is 6.90. The van der Waals surface area contributed by atoms with Gasteiger partial charge in [0, 0.05) is 34.9 Å². The van der Waals surface area contributed by atoms with Gasteiger partial charge in [0.05, 0.1) is 10.6 Å². The zero-order chi connectivity index (χ0) is 20.8. The van der Waals surface area contributed by atoms with Crippen LogP contribution in [0, 0.1) is 24.4 Å². The summed E-state index contributed by atoms with van der Waals surface area (Å²) in [5.41, 5.74) is 2.21. The summed E-state index contributed by atoms with van der Waals surface area (Å²) < 4.78 is 68.6. The molecule has 0 saturated carbocycles. The van der Waals surface area contributed by atoms with Crippen molar-refractivity contribution in [2.24, 2.45) is 0 Å². The summed E-state index contributed by atoms with van der Waals surface area (Å²) >= 11 is 1.29. The molecule has 0 aliphatic heterocycles. The van der Waals surface area contributed by atoms with E-state index in [1.54, 1.807) is 18.3 Å². The molecule has 0 aliphatic carbocycles. The Morgan fingerprint density at radius 2 is 1.69 bits per heavy atom. The normalized spacial score (nSPS) is 12.0. The van der Waals surface area contributed by atoms with Crippen molar-refractivity contribution >= 4 is 26.3 Å². The molecule has 0 amide bonds. The lowest BCUT2D eigenvalue weighted by molar-refractivity contribution is 0.561. The third-order valence-electron chi connectivity index (χ3n) is 4.36. The number of aromatic nitrogens is 2. The first kappa shape index (κ1) is 19.6. The number of sulfonamides is 1. The van der Waals surface area contributed by atoms with Gasteiger partial charge in [0.1, 0.15) is 17.5 Å². The van der Waals surface area contributed by atoms with Crippen LogP contribution in [0.4, 0.5) is 13.2 Å². The number of thiazole rings is 1. The minimum atomic E-state index is -4.08. The van der Waals surface area contributed by atoms with Crippen LogP contribution in [0.15, 0.2) is 53.6 Å². The van der Waals surface area contributed by atoms with E-state index < -0.39 is 26.6 Å². The largest absolute Gasteiger partial charge is 0.294 e. The first-order chi connectivity index (χ1) is 13.7. The Bertz CT molecular complexity index is 1290. The summed E-state index contributed by atoms with van der Waals surface area (Å²) in [6, 6.07) is 8.09. The highest BCUT2D eigenvalue weighted by atomic mass is 32.2. The summed E-state index contributed by atoms with van der Waals surface area (Å²) in [6.45, 7) is 1.76. The van der Waals surface area contributed by atoms with Crippen LogP contribution in [0.5, 0.6) is 0 Å². The maximum absolute atomic E-state index is 13.3. The number of benzene rings is 2. The van der Waals surface area contributed by atoms with Crippen molar-refractivity contribution in [3.63, 3.8) is 0 Å². The summed E-state index contributed by atoms with van der Waals surface area (Å²) in [5.74, 6) is -2.27. The predicted molar refractivity (Wildman–Crippen MR) is 104 cm³/mol. The maximum Gasteiger partial charge on any atom is 0.241 e. The molecule has 0 unspecified atom stereocenters. The Balaban J connectivity index is 1.58. The molecule has 4 aromatic rings. The van der Waals surface area contributed by atoms with Crippen LogP contribution in [0.3, 0.4) is 0 Å². The van der Waals surface area contributed by atoms with Gasteiger partial charge in [0.2, 0.25) is 10.0 Å². The highest BCUT2D eigenvalue weighted by molar-refractivity contribution is 7.89. The van der Waals surface area contributed by atoms with Crippen LogP contribution in [0.1, 0.15) is 10.6 Å². The first-order valence-electron chi connectivity index (χ1n) is 8.42. The van der Waals surface area contributed by atoms with Gasteiger partial charge in [-0.15, -0.1) is 0 Å². The van der Waals surface area contributed by atoms with E-state index in [4.69, 9.17) is 0 Å². The smallest absolute Gasteiger partial charge is 0.241 e. The van der Waals surface area contributed by atoms with Gasteiger partial charge in [0.25, 0.3) is 0 Å². The standard InChI is InChI=1S/C19H14F3N3O2S2/c1-11-18(9-23-29(26,27)16-7-14(21)6-15(22)8-16)28-19-24-17(10-25(11)19)12-2-4-13(20)5-3-12/h2-8,10,23H,9H2,1H3. The van der Waals surface area contributed by atoms with Crippen molar-refractivity contribution in [3.8, 4) is 11.3 Å². The lowest BCUT2D eigenvalue weighted by atomic mass is 10.2. The summed E-state index contributed by atoms with van der Waals surface area (Å²) in [6.07, 6.45) is 1.79. The fraction of sp³-hybridized carbons (Fsp3) is 0.105. The second kappa shape index (κ2) is 7.29. The zero-order valence-corrected chi connectivity index (χ0v) is 16.6. The van der Waals surface area contributed by atoms with E-state index in [0.717, 1.165) is 23.4 Å². The van der Waals surface area contributed by atoms with E-state index in [1.165, 1.54) is 23.5 Å². The monoisotopic (exact) mass is 437 g/mol. The molecule has 0 radical (unpaired) electrons. The Hall–Kier alpha value is -2.69. The molecular weight excluding hydrogens is 423 g/mol. The number of fused-ring (bicyclic) bond motifs is 1. The lowest BCUT2D eigenvalue weighted by Gasteiger charge is -2.07. The third kappa shape index (κ3) is 3.91. The van der Waals surface area contributed by atoms with Crippen LogP contribution in [-0.2, 0) is 16.6 Å². The average Bonchev–Trinajstić information content (AvgIpc) is 3.19. The number of nitrogens with zero attached hydrogens (tertiary/aromatic N) is 2. The topological polar surface area (TPSA) is 63.5 Å². The number of rotatable bonds is 5. The van der Waals surface area contributed by atoms with Crippen molar-refractivity contribution in [1.82, 2.24) is 14.1 Å². The van der Waals surface area contributed by atoms with E-state index in [2.05, 4.69) is 9.71 Å². The summed E-state index contributed by atoms with van der Waals surface area (Å²) in [7, 11) is -4.08. The molecule has 2 aromatic carbocycles. The van der Waals surface area contributed by atoms with Crippen LogP contribution in [0.2, 0.25) is 0 Å². The lowest BCUT2D eigenvalue weighted by Crippen LogP contribution is -2.23. The number of hydrogen-bond acceptors (Lipinski definition) is 4. The van der Waals surface area contributed by atoms with Gasteiger partial charge < -0.3 is 0 Å². The fourth-order valence-corrected chi connectivity index (χ4v) is 5.02. The molecule has 0 aliphatic rings. The van der Waals surface area contributed by atoms with Gasteiger partial charge in [-0.05, 0) is 43.3 Å². The van der Waals surface area contributed by atoms with E-state index in [9.17, 15) is 21.6 Å². The second-order valence-corrected chi connectivity index (χ2v) is 9.15. The Morgan fingerprint density at radius 1 is 1.03 bits per heavy atom. The molecule has 0 bridgehead atoms. The van der Waals surface area contributed by atoms with Crippen molar-refractivity contribution < 1.29 is 21.6 Å². The minimum Gasteiger partial charge on any atom is -0.294 e. The van der Waals surface area contributed by atoms with E-state index in [1.807, 2.05) is 11.3 Å². The predicted octanol–water partition coefficient (Wildman–Crippen LogP) is 4.27. The number of nitrogens with one attached hydrogen (secondary N) is 1. The number of imidazole rings is 1. The molecule has 0 saturated heterocycles. The molecule has 0 spiro atoms. The molecule has 10 heteroatoms. The van der Waals surface area contributed by atoms with Gasteiger partial charge in [-0.1, -0.05) is 11.3 Å². The van der Waals surface area contributed by atoms with Crippen LogP contribution >= 0.6 is 11.3 Å². The molecule has 4 rings (SSSR count). The average molecular weight is 437 g/mol. The molecule has 1 N–H and O–H groups in total. The first-order valence-corrected chi connectivity index (χ1v) is 10.7. The molecular formula is C19H14F3N3O2S2. The Kier molecular flexibility index (Phi) is 4.93. The molecule has 0 fully saturated rings. The molecule has 150 valence electrons. The van der Waals surface area contributed by atoms with E-state index in [-0.39, 0.29) is 12.4 Å². The maximum atomic E-state index is 13.3. The van der Waals surface area contributed by atoms with Crippen LogP contribution in [0.25, 0.3) is 16.2 Å². The number of hydrogen-bond donors (Lipinski definition) is 1. The van der Waals surface area contributed by atoms with Crippen molar-refractivity contribution in [1.29, 1.82) is 0 Å². The van der Waals surface area contributed by atoms with Crippen molar-refractivity contribution in [2.45, 2.75) is 18.4 Å². The van der Waals surface area contributed by atoms with E-state index in [0.29, 0.717) is 21.6 Å². The highest BCUT2D eigenvalue weighted by Crippen LogP contribution is 2.27. The van der Waals surface area contributed by atoms with Gasteiger partial charge in [-0.25, -0.2) is 31.3 Å². The summed E-state index contributed by atoms with van der Waals surface area (Å²) in [4.78, 5) is 5.38. The fourth-order valence-electron chi connectivity index (χ4n) is 2.85. The second-order valence-electron chi connectivity index (χ2n) is 6.33. The number of halogens is 3. The minimum absolute atomic E-state index is 0.0494. The SMILES string of the molecule is Cc1c(CNS(=O)(=O)c2cc(F)cc(F)c2)sc2nc(-c3ccc(F)cc3)cn12. The number of aryl methyl sites for hydroxylation is 1. The van der Waals surface area contributed by atoms with Gasteiger partial charge in [-0.2, -0.15) is 0 Å².